The predicted molar refractivity (Wildman–Crippen MR) is 102 cm³/mol. The number of fused-ring (bicyclic) bond motifs is 2. The Hall–Kier alpha value is -2.16. The van der Waals surface area contributed by atoms with Crippen LogP contribution in [-0.4, -0.2) is 64.9 Å². The van der Waals surface area contributed by atoms with E-state index in [0.717, 1.165) is 32.1 Å². The van der Waals surface area contributed by atoms with Crippen LogP contribution in [0.3, 0.4) is 0 Å². The highest BCUT2D eigenvalue weighted by Crippen LogP contribution is 2.40. The maximum absolute atomic E-state index is 13.2. The molecule has 2 fully saturated rings. The standard InChI is InChI=1S/C19H32N4O5/c1-12(24)22-15(4-2-3-10-20)19(28)23-13-5-7-14(16(23)8-6-13)18(27)21-11-9-17(25)26/h13-16H,2-11,20H2,1H3,(H,21,27)(H,22,24)(H,25,26). The van der Waals surface area contributed by atoms with Gasteiger partial charge in [0.05, 0.1) is 12.3 Å². The molecule has 0 aliphatic carbocycles. The quantitative estimate of drug-likeness (QED) is 0.382. The van der Waals surface area contributed by atoms with E-state index in [1.54, 1.807) is 0 Å². The average molecular weight is 396 g/mol. The second-order valence-electron chi connectivity index (χ2n) is 7.70. The van der Waals surface area contributed by atoms with Crippen LogP contribution in [0.1, 0.15) is 58.3 Å². The maximum Gasteiger partial charge on any atom is 0.305 e. The molecule has 9 nitrogen and oxygen atoms in total. The van der Waals surface area contributed by atoms with Crippen molar-refractivity contribution < 1.29 is 24.3 Å². The molecule has 5 N–H and O–H groups in total. The third-order valence-electron chi connectivity index (χ3n) is 5.67. The Morgan fingerprint density at radius 1 is 1.14 bits per heavy atom. The summed E-state index contributed by atoms with van der Waals surface area (Å²) in [5, 5.41) is 14.2. The van der Waals surface area contributed by atoms with Crippen LogP contribution in [0.25, 0.3) is 0 Å². The van der Waals surface area contributed by atoms with E-state index in [-0.39, 0.29) is 48.7 Å². The van der Waals surface area contributed by atoms with Gasteiger partial charge in [-0.05, 0) is 51.5 Å². The molecule has 2 saturated heterocycles. The molecule has 2 bridgehead atoms. The first-order chi connectivity index (χ1) is 13.3. The molecule has 0 aromatic carbocycles. The molecular formula is C19H32N4O5. The summed E-state index contributed by atoms with van der Waals surface area (Å²) < 4.78 is 0. The molecule has 2 aliphatic rings. The number of carboxylic acid groups (broad SMARTS) is 1. The van der Waals surface area contributed by atoms with Crippen molar-refractivity contribution in [1.29, 1.82) is 0 Å². The van der Waals surface area contributed by atoms with Gasteiger partial charge in [0.25, 0.3) is 0 Å². The van der Waals surface area contributed by atoms with E-state index in [1.807, 2.05) is 4.90 Å². The Balaban J connectivity index is 2.05. The molecule has 3 amide bonds. The normalized spacial score (nSPS) is 24.5. The fourth-order valence-electron chi connectivity index (χ4n) is 4.40. The summed E-state index contributed by atoms with van der Waals surface area (Å²) in [5.41, 5.74) is 5.54. The van der Waals surface area contributed by atoms with Crippen LogP contribution >= 0.6 is 0 Å². The van der Waals surface area contributed by atoms with Crippen molar-refractivity contribution >= 4 is 23.7 Å². The van der Waals surface area contributed by atoms with Gasteiger partial charge in [-0.15, -0.1) is 0 Å². The molecule has 9 heteroatoms. The highest BCUT2D eigenvalue weighted by atomic mass is 16.4. The Morgan fingerprint density at radius 3 is 2.50 bits per heavy atom. The van der Waals surface area contributed by atoms with Gasteiger partial charge in [0.15, 0.2) is 0 Å². The number of carbonyl (C=O) groups is 4. The van der Waals surface area contributed by atoms with E-state index in [4.69, 9.17) is 10.8 Å². The van der Waals surface area contributed by atoms with Gasteiger partial charge in [0, 0.05) is 25.6 Å². The molecule has 2 aliphatic heterocycles. The minimum Gasteiger partial charge on any atom is -0.481 e. The summed E-state index contributed by atoms with van der Waals surface area (Å²) >= 11 is 0. The van der Waals surface area contributed by atoms with Crippen molar-refractivity contribution in [2.75, 3.05) is 13.1 Å². The summed E-state index contributed by atoms with van der Waals surface area (Å²) in [6.07, 6.45) is 4.97. The number of amides is 3. The van der Waals surface area contributed by atoms with E-state index in [1.165, 1.54) is 6.92 Å². The zero-order chi connectivity index (χ0) is 20.7. The van der Waals surface area contributed by atoms with Crippen LogP contribution in [0.5, 0.6) is 0 Å². The van der Waals surface area contributed by atoms with Crippen LogP contribution < -0.4 is 16.4 Å². The van der Waals surface area contributed by atoms with E-state index in [2.05, 4.69) is 10.6 Å². The van der Waals surface area contributed by atoms with Crippen molar-refractivity contribution in [3.63, 3.8) is 0 Å². The number of nitrogens with two attached hydrogens (primary N) is 1. The lowest BCUT2D eigenvalue weighted by Gasteiger charge is -2.41. The zero-order valence-corrected chi connectivity index (χ0v) is 16.5. The maximum atomic E-state index is 13.2. The highest BCUT2D eigenvalue weighted by Gasteiger charge is 2.48. The first-order valence-electron chi connectivity index (χ1n) is 10.1. The fourth-order valence-corrected chi connectivity index (χ4v) is 4.40. The van der Waals surface area contributed by atoms with Crippen LogP contribution in [0.2, 0.25) is 0 Å². The zero-order valence-electron chi connectivity index (χ0n) is 16.5. The molecule has 4 atom stereocenters. The molecule has 4 unspecified atom stereocenters. The molecular weight excluding hydrogens is 364 g/mol. The summed E-state index contributed by atoms with van der Waals surface area (Å²) in [5.74, 6) is -1.86. The number of nitrogens with zero attached hydrogens (tertiary/aromatic N) is 1. The Bertz CT molecular complexity index is 597. The monoisotopic (exact) mass is 396 g/mol. The number of piperidine rings is 1. The summed E-state index contributed by atoms with van der Waals surface area (Å²) in [4.78, 5) is 49.8. The SMILES string of the molecule is CC(=O)NC(CCCCN)C(=O)N1C2CCC(C(=O)NCCC(=O)O)C1CC2. The number of aliphatic carboxylic acids is 1. The van der Waals surface area contributed by atoms with Gasteiger partial charge in [0.1, 0.15) is 6.04 Å². The van der Waals surface area contributed by atoms with E-state index < -0.39 is 12.0 Å². The van der Waals surface area contributed by atoms with Crippen molar-refractivity contribution in [2.45, 2.75) is 76.4 Å². The predicted octanol–water partition coefficient (Wildman–Crippen LogP) is -0.0194. The molecule has 158 valence electrons. The third-order valence-corrected chi connectivity index (χ3v) is 5.67. The Labute approximate surface area is 165 Å². The molecule has 2 heterocycles. The van der Waals surface area contributed by atoms with Gasteiger partial charge >= 0.3 is 5.97 Å². The van der Waals surface area contributed by atoms with Crippen molar-refractivity contribution in [3.8, 4) is 0 Å². The Kier molecular flexibility index (Phi) is 8.22. The Morgan fingerprint density at radius 2 is 1.86 bits per heavy atom. The van der Waals surface area contributed by atoms with Crippen LogP contribution in [0.15, 0.2) is 0 Å². The molecule has 28 heavy (non-hydrogen) atoms. The number of rotatable bonds is 10. The lowest BCUT2D eigenvalue weighted by atomic mass is 9.88. The van der Waals surface area contributed by atoms with E-state index in [0.29, 0.717) is 19.4 Å². The van der Waals surface area contributed by atoms with E-state index in [9.17, 15) is 19.2 Å². The minimum atomic E-state index is -0.961. The lowest BCUT2D eigenvalue weighted by molar-refractivity contribution is -0.144. The van der Waals surface area contributed by atoms with Gasteiger partial charge in [-0.2, -0.15) is 0 Å². The second kappa shape index (κ2) is 10.4. The number of carboxylic acids is 1. The van der Waals surface area contributed by atoms with Crippen molar-refractivity contribution in [1.82, 2.24) is 15.5 Å². The van der Waals surface area contributed by atoms with Crippen molar-refractivity contribution in [2.24, 2.45) is 11.7 Å². The highest BCUT2D eigenvalue weighted by molar-refractivity contribution is 5.88. The van der Waals surface area contributed by atoms with Gasteiger partial charge in [-0.1, -0.05) is 0 Å². The molecule has 0 radical (unpaired) electrons. The minimum absolute atomic E-state index is 0.0857. The topological polar surface area (TPSA) is 142 Å². The number of hydrogen-bond donors (Lipinski definition) is 4. The third kappa shape index (κ3) is 5.67. The van der Waals surface area contributed by atoms with Gasteiger partial charge in [-0.3, -0.25) is 19.2 Å². The van der Waals surface area contributed by atoms with Crippen LogP contribution in [0.4, 0.5) is 0 Å². The number of nitrogens with one attached hydrogen (secondary N) is 2. The molecule has 0 spiro atoms. The van der Waals surface area contributed by atoms with E-state index >= 15 is 0 Å². The van der Waals surface area contributed by atoms with Crippen molar-refractivity contribution in [3.05, 3.63) is 0 Å². The smallest absolute Gasteiger partial charge is 0.305 e. The summed E-state index contributed by atoms with van der Waals surface area (Å²) in [7, 11) is 0. The second-order valence-corrected chi connectivity index (χ2v) is 7.70. The fraction of sp³-hybridized carbons (Fsp3) is 0.789. The number of hydrogen-bond acceptors (Lipinski definition) is 5. The average Bonchev–Trinajstić information content (AvgIpc) is 2.92. The first kappa shape index (κ1) is 22.1. The van der Waals surface area contributed by atoms with Gasteiger partial charge in [-0.25, -0.2) is 0 Å². The molecule has 0 saturated carbocycles. The molecule has 0 aromatic rings. The molecule has 0 aromatic heterocycles. The summed E-state index contributed by atoms with van der Waals surface area (Å²) in [6, 6.07) is -0.686. The van der Waals surface area contributed by atoms with Crippen LogP contribution in [0, 0.1) is 5.92 Å². The number of carbonyl (C=O) groups excluding carboxylic acids is 3. The van der Waals surface area contributed by atoms with Gasteiger partial charge < -0.3 is 26.4 Å². The number of unbranched alkanes of at least 4 members (excludes halogenated alkanes) is 1. The molecule has 2 rings (SSSR count). The first-order valence-corrected chi connectivity index (χ1v) is 10.1. The van der Waals surface area contributed by atoms with Gasteiger partial charge in [0.2, 0.25) is 17.7 Å². The lowest BCUT2D eigenvalue weighted by Crippen LogP contribution is -2.57. The van der Waals surface area contributed by atoms with Crippen LogP contribution in [-0.2, 0) is 19.2 Å². The largest absolute Gasteiger partial charge is 0.481 e. The summed E-state index contributed by atoms with van der Waals surface area (Å²) in [6.45, 7) is 2.02.